The predicted molar refractivity (Wildman–Crippen MR) is 96.2 cm³/mol. The number of amidine groups is 1. The molecule has 1 amide bonds. The van der Waals surface area contributed by atoms with Crippen molar-refractivity contribution in [2.45, 2.75) is 13.5 Å². The van der Waals surface area contributed by atoms with Gasteiger partial charge < -0.3 is 5.32 Å². The summed E-state index contributed by atoms with van der Waals surface area (Å²) in [6, 6.07) is 11.4. The van der Waals surface area contributed by atoms with Crippen LogP contribution in [0.25, 0.3) is 10.2 Å². The second-order valence-electron chi connectivity index (χ2n) is 5.34. The molecule has 3 aromatic rings. The van der Waals surface area contributed by atoms with E-state index in [1.165, 1.54) is 0 Å². The van der Waals surface area contributed by atoms with Gasteiger partial charge in [0.05, 0.1) is 11.4 Å². The molecule has 4 rings (SSSR count). The SMILES string of the molecule is Cc1ccc2c3c(sc2n1)C(NC(=O)c1ccc(Br)cc1)=NC3. The van der Waals surface area contributed by atoms with E-state index in [1.54, 1.807) is 23.5 Å². The number of aliphatic imine (C=N–C) groups is 1. The molecule has 0 unspecified atom stereocenters. The lowest BCUT2D eigenvalue weighted by Crippen LogP contribution is -2.29. The zero-order chi connectivity index (χ0) is 16.0. The van der Waals surface area contributed by atoms with Gasteiger partial charge in [0.15, 0.2) is 0 Å². The standard InChI is InChI=1S/C17H12BrN3OS/c1-9-2-7-12-13-8-19-15(14(13)23-17(12)20-9)21-16(22)10-3-5-11(18)6-4-10/h2-7H,8H2,1H3,(H,19,21,22). The number of carbonyl (C=O) groups excluding carboxylic acids is 1. The number of amides is 1. The maximum Gasteiger partial charge on any atom is 0.256 e. The first-order valence-electron chi connectivity index (χ1n) is 7.12. The van der Waals surface area contributed by atoms with Gasteiger partial charge in [0.1, 0.15) is 10.7 Å². The summed E-state index contributed by atoms with van der Waals surface area (Å²) in [5, 5.41) is 4.06. The summed E-state index contributed by atoms with van der Waals surface area (Å²) in [4.78, 5) is 23.4. The number of benzene rings is 1. The zero-order valence-corrected chi connectivity index (χ0v) is 14.7. The van der Waals surface area contributed by atoms with Crippen LogP contribution in [0.4, 0.5) is 0 Å². The van der Waals surface area contributed by atoms with Crippen LogP contribution in [0.1, 0.15) is 26.5 Å². The Balaban J connectivity index is 1.64. The largest absolute Gasteiger partial charge is 0.306 e. The predicted octanol–water partition coefficient (Wildman–Crippen LogP) is 4.06. The molecule has 6 heteroatoms. The van der Waals surface area contributed by atoms with Crippen LogP contribution in [0, 0.1) is 6.92 Å². The van der Waals surface area contributed by atoms with E-state index < -0.39 is 0 Å². The Morgan fingerprint density at radius 1 is 1.22 bits per heavy atom. The molecule has 0 fully saturated rings. The Kier molecular flexibility index (Phi) is 3.50. The van der Waals surface area contributed by atoms with Crippen molar-refractivity contribution in [1.29, 1.82) is 0 Å². The van der Waals surface area contributed by atoms with E-state index in [-0.39, 0.29) is 5.91 Å². The fourth-order valence-corrected chi connectivity index (χ4v) is 4.03. The lowest BCUT2D eigenvalue weighted by molar-refractivity contribution is 0.0977. The van der Waals surface area contributed by atoms with E-state index in [0.717, 1.165) is 30.8 Å². The maximum absolute atomic E-state index is 12.4. The van der Waals surface area contributed by atoms with Crippen LogP contribution in [0.5, 0.6) is 0 Å². The van der Waals surface area contributed by atoms with Gasteiger partial charge in [-0.1, -0.05) is 15.9 Å². The molecule has 0 spiro atoms. The first-order valence-corrected chi connectivity index (χ1v) is 8.73. The number of halogens is 1. The summed E-state index contributed by atoms with van der Waals surface area (Å²) >= 11 is 4.95. The number of hydrogen-bond donors (Lipinski definition) is 1. The Morgan fingerprint density at radius 3 is 2.78 bits per heavy atom. The highest BCUT2D eigenvalue weighted by Crippen LogP contribution is 2.34. The Labute approximate surface area is 145 Å². The first-order chi connectivity index (χ1) is 11.1. The minimum atomic E-state index is -0.148. The highest BCUT2D eigenvalue weighted by Gasteiger charge is 2.24. The molecule has 0 saturated carbocycles. The summed E-state index contributed by atoms with van der Waals surface area (Å²) in [7, 11) is 0. The lowest BCUT2D eigenvalue weighted by Gasteiger charge is -2.04. The second-order valence-corrected chi connectivity index (χ2v) is 7.26. The van der Waals surface area contributed by atoms with Gasteiger partial charge in [-0.2, -0.15) is 0 Å². The molecule has 0 bridgehead atoms. The lowest BCUT2D eigenvalue weighted by atomic mass is 10.1. The smallest absolute Gasteiger partial charge is 0.256 e. The van der Waals surface area contributed by atoms with Gasteiger partial charge in [-0.3, -0.25) is 9.79 Å². The molecular formula is C17H12BrN3OS. The highest BCUT2D eigenvalue weighted by molar-refractivity contribution is 9.10. The Morgan fingerprint density at radius 2 is 2.00 bits per heavy atom. The third kappa shape index (κ3) is 2.58. The summed E-state index contributed by atoms with van der Waals surface area (Å²) in [5.41, 5.74) is 2.76. The van der Waals surface area contributed by atoms with Crippen LogP contribution in [-0.4, -0.2) is 16.7 Å². The van der Waals surface area contributed by atoms with Crippen molar-refractivity contribution in [2.24, 2.45) is 4.99 Å². The third-order valence-corrected chi connectivity index (χ3v) is 5.42. The molecule has 1 N–H and O–H groups in total. The quantitative estimate of drug-likeness (QED) is 0.686. The van der Waals surface area contributed by atoms with Gasteiger partial charge in [-0.05, 0) is 43.3 Å². The van der Waals surface area contributed by atoms with Crippen molar-refractivity contribution in [3.05, 3.63) is 62.6 Å². The third-order valence-electron chi connectivity index (χ3n) is 3.75. The average molecular weight is 386 g/mol. The van der Waals surface area contributed by atoms with Crippen molar-refractivity contribution in [1.82, 2.24) is 10.3 Å². The van der Waals surface area contributed by atoms with Crippen molar-refractivity contribution >= 4 is 49.2 Å². The summed E-state index contributed by atoms with van der Waals surface area (Å²) < 4.78 is 0.945. The van der Waals surface area contributed by atoms with Crippen molar-refractivity contribution < 1.29 is 4.79 Å². The molecule has 2 aromatic heterocycles. The zero-order valence-electron chi connectivity index (χ0n) is 12.3. The van der Waals surface area contributed by atoms with Crippen LogP contribution >= 0.6 is 27.3 Å². The van der Waals surface area contributed by atoms with Crippen LogP contribution in [0.3, 0.4) is 0 Å². The van der Waals surface area contributed by atoms with E-state index in [4.69, 9.17) is 0 Å². The van der Waals surface area contributed by atoms with Crippen molar-refractivity contribution in [2.75, 3.05) is 0 Å². The maximum atomic E-state index is 12.4. The highest BCUT2D eigenvalue weighted by atomic mass is 79.9. The van der Waals surface area contributed by atoms with E-state index in [1.807, 2.05) is 25.1 Å². The molecule has 0 atom stereocenters. The van der Waals surface area contributed by atoms with E-state index in [0.29, 0.717) is 17.9 Å². The fraction of sp³-hybridized carbons (Fsp3) is 0.118. The normalized spacial score (nSPS) is 13.0. The monoisotopic (exact) mass is 385 g/mol. The summed E-state index contributed by atoms with van der Waals surface area (Å²) in [5.74, 6) is 0.499. The number of nitrogens with one attached hydrogen (secondary N) is 1. The Hall–Kier alpha value is -2.05. The van der Waals surface area contributed by atoms with Gasteiger partial charge in [-0.15, -0.1) is 11.3 Å². The minimum absolute atomic E-state index is 0.148. The number of aromatic nitrogens is 1. The molecule has 0 aliphatic carbocycles. The molecular weight excluding hydrogens is 374 g/mol. The molecule has 4 nitrogen and oxygen atoms in total. The molecule has 3 heterocycles. The molecule has 0 radical (unpaired) electrons. The number of hydrogen-bond acceptors (Lipinski definition) is 4. The van der Waals surface area contributed by atoms with Crippen LogP contribution in [0.15, 0.2) is 45.9 Å². The van der Waals surface area contributed by atoms with E-state index in [2.05, 4.69) is 37.3 Å². The fourth-order valence-electron chi connectivity index (χ4n) is 2.58. The van der Waals surface area contributed by atoms with Gasteiger partial charge >= 0.3 is 0 Å². The Bertz CT molecular complexity index is 960. The van der Waals surface area contributed by atoms with Gasteiger partial charge in [0.25, 0.3) is 5.91 Å². The minimum Gasteiger partial charge on any atom is -0.306 e. The number of fused-ring (bicyclic) bond motifs is 3. The molecule has 1 aromatic carbocycles. The average Bonchev–Trinajstić information content (AvgIpc) is 3.07. The summed E-state index contributed by atoms with van der Waals surface area (Å²) in [6.07, 6.45) is 0. The molecule has 23 heavy (non-hydrogen) atoms. The van der Waals surface area contributed by atoms with Crippen LogP contribution in [0.2, 0.25) is 0 Å². The van der Waals surface area contributed by atoms with E-state index >= 15 is 0 Å². The van der Waals surface area contributed by atoms with Gasteiger partial charge in [0.2, 0.25) is 0 Å². The van der Waals surface area contributed by atoms with Crippen LogP contribution < -0.4 is 5.32 Å². The van der Waals surface area contributed by atoms with E-state index in [9.17, 15) is 4.79 Å². The number of nitrogens with zero attached hydrogens (tertiary/aromatic N) is 2. The summed E-state index contributed by atoms with van der Waals surface area (Å²) in [6.45, 7) is 2.57. The topological polar surface area (TPSA) is 54.4 Å². The van der Waals surface area contributed by atoms with Crippen molar-refractivity contribution in [3.63, 3.8) is 0 Å². The second kappa shape index (κ2) is 5.54. The first kappa shape index (κ1) is 14.5. The van der Waals surface area contributed by atoms with Gasteiger partial charge in [-0.25, -0.2) is 4.98 Å². The van der Waals surface area contributed by atoms with Crippen LogP contribution in [-0.2, 0) is 6.54 Å². The van der Waals surface area contributed by atoms with Gasteiger partial charge in [0, 0.05) is 26.7 Å². The molecule has 1 aliphatic rings. The number of pyridine rings is 1. The molecule has 0 saturated heterocycles. The number of aryl methyl sites for hydroxylation is 1. The number of thiophene rings is 1. The van der Waals surface area contributed by atoms with Crippen molar-refractivity contribution in [3.8, 4) is 0 Å². The number of carbonyl (C=O) groups is 1. The molecule has 114 valence electrons. The molecule has 1 aliphatic heterocycles. The number of rotatable bonds is 1.